The quantitative estimate of drug-likeness (QED) is 0.566. The van der Waals surface area contributed by atoms with Crippen molar-refractivity contribution >= 4 is 11.6 Å². The van der Waals surface area contributed by atoms with Gasteiger partial charge in [0.05, 0.1) is 19.3 Å². The van der Waals surface area contributed by atoms with Crippen LogP contribution in [0.15, 0.2) is 47.6 Å². The molecule has 0 spiro atoms. The van der Waals surface area contributed by atoms with Gasteiger partial charge in [0.2, 0.25) is 5.88 Å². The molecule has 1 aromatic heterocycles. The minimum absolute atomic E-state index is 0.147. The summed E-state index contributed by atoms with van der Waals surface area (Å²) in [6.07, 6.45) is 2.79. The number of nitrogens with one attached hydrogen (secondary N) is 1. The van der Waals surface area contributed by atoms with Crippen LogP contribution in [0.25, 0.3) is 0 Å². The van der Waals surface area contributed by atoms with Gasteiger partial charge in [-0.3, -0.25) is 0 Å². The summed E-state index contributed by atoms with van der Waals surface area (Å²) < 4.78 is 11.2. The van der Waals surface area contributed by atoms with E-state index in [9.17, 15) is 0 Å². The SMILES string of the molecule is CCCOc1ncccc1CN=C(N)Nc1ccc(OC(C)C)cc1. The molecule has 134 valence electrons. The predicted molar refractivity (Wildman–Crippen MR) is 101 cm³/mol. The van der Waals surface area contributed by atoms with Gasteiger partial charge >= 0.3 is 0 Å². The van der Waals surface area contributed by atoms with Crippen LogP contribution >= 0.6 is 0 Å². The third-order valence-electron chi connectivity index (χ3n) is 3.21. The van der Waals surface area contributed by atoms with E-state index in [0.29, 0.717) is 25.0 Å². The molecule has 0 amide bonds. The van der Waals surface area contributed by atoms with E-state index in [-0.39, 0.29) is 6.10 Å². The summed E-state index contributed by atoms with van der Waals surface area (Å²) in [4.78, 5) is 8.61. The van der Waals surface area contributed by atoms with Gasteiger partial charge < -0.3 is 20.5 Å². The monoisotopic (exact) mass is 342 g/mol. The van der Waals surface area contributed by atoms with E-state index >= 15 is 0 Å². The lowest BCUT2D eigenvalue weighted by Gasteiger charge is -2.11. The van der Waals surface area contributed by atoms with Crippen LogP contribution in [0.1, 0.15) is 32.8 Å². The largest absolute Gasteiger partial charge is 0.491 e. The number of nitrogens with zero attached hydrogens (tertiary/aromatic N) is 2. The van der Waals surface area contributed by atoms with Gasteiger partial charge in [0.25, 0.3) is 0 Å². The molecule has 0 atom stereocenters. The number of pyridine rings is 1. The van der Waals surface area contributed by atoms with Crippen LogP contribution in [0, 0.1) is 0 Å². The number of aliphatic imine (C=N–C) groups is 1. The Balaban J connectivity index is 1.95. The van der Waals surface area contributed by atoms with Crippen LogP contribution in [0.2, 0.25) is 0 Å². The highest BCUT2D eigenvalue weighted by Gasteiger charge is 2.04. The second kappa shape index (κ2) is 9.52. The topological polar surface area (TPSA) is 81.8 Å². The van der Waals surface area contributed by atoms with Gasteiger partial charge in [-0.25, -0.2) is 9.98 Å². The van der Waals surface area contributed by atoms with Crippen molar-refractivity contribution in [1.82, 2.24) is 4.98 Å². The number of guanidine groups is 1. The van der Waals surface area contributed by atoms with Crippen LogP contribution in [0.3, 0.4) is 0 Å². The number of anilines is 1. The number of nitrogens with two attached hydrogens (primary N) is 1. The molecule has 0 aliphatic carbocycles. The molecule has 0 saturated carbocycles. The second-order valence-electron chi connectivity index (χ2n) is 5.83. The van der Waals surface area contributed by atoms with Gasteiger partial charge in [0.1, 0.15) is 5.75 Å². The summed E-state index contributed by atoms with van der Waals surface area (Å²) >= 11 is 0. The maximum Gasteiger partial charge on any atom is 0.218 e. The Hall–Kier alpha value is -2.76. The van der Waals surface area contributed by atoms with Crippen LogP contribution in [-0.4, -0.2) is 23.7 Å². The molecule has 6 heteroatoms. The first kappa shape index (κ1) is 18.6. The number of rotatable bonds is 8. The molecule has 1 heterocycles. The highest BCUT2D eigenvalue weighted by molar-refractivity contribution is 5.92. The van der Waals surface area contributed by atoms with E-state index < -0.39 is 0 Å². The summed E-state index contributed by atoms with van der Waals surface area (Å²) in [5, 5.41) is 3.07. The molecule has 0 bridgehead atoms. The summed E-state index contributed by atoms with van der Waals surface area (Å²) in [5.41, 5.74) is 7.73. The van der Waals surface area contributed by atoms with E-state index in [1.54, 1.807) is 6.20 Å². The molecular formula is C19H26N4O2. The van der Waals surface area contributed by atoms with Gasteiger partial charge in [0.15, 0.2) is 5.96 Å². The molecule has 0 radical (unpaired) electrons. The van der Waals surface area contributed by atoms with E-state index in [1.165, 1.54) is 0 Å². The van der Waals surface area contributed by atoms with Crippen molar-refractivity contribution in [3.8, 4) is 11.6 Å². The Morgan fingerprint density at radius 3 is 2.68 bits per heavy atom. The molecule has 0 unspecified atom stereocenters. The van der Waals surface area contributed by atoms with Gasteiger partial charge in [-0.2, -0.15) is 0 Å². The maximum absolute atomic E-state index is 5.97. The molecular weight excluding hydrogens is 316 g/mol. The fourth-order valence-electron chi connectivity index (χ4n) is 2.12. The van der Waals surface area contributed by atoms with Crippen LogP contribution in [-0.2, 0) is 6.54 Å². The Morgan fingerprint density at radius 2 is 2.00 bits per heavy atom. The van der Waals surface area contributed by atoms with E-state index in [1.807, 2.05) is 50.2 Å². The lowest BCUT2D eigenvalue weighted by molar-refractivity contribution is 0.242. The number of ether oxygens (including phenoxy) is 2. The van der Waals surface area contributed by atoms with Gasteiger partial charge in [-0.05, 0) is 50.6 Å². The average Bonchev–Trinajstić information content (AvgIpc) is 2.60. The van der Waals surface area contributed by atoms with Crippen molar-refractivity contribution in [2.75, 3.05) is 11.9 Å². The Kier molecular flexibility index (Phi) is 7.07. The summed E-state index contributed by atoms with van der Waals surface area (Å²) in [6.45, 7) is 7.08. The number of aromatic nitrogens is 1. The highest BCUT2D eigenvalue weighted by Crippen LogP contribution is 2.18. The van der Waals surface area contributed by atoms with Crippen molar-refractivity contribution < 1.29 is 9.47 Å². The summed E-state index contributed by atoms with van der Waals surface area (Å²) in [7, 11) is 0. The molecule has 0 fully saturated rings. The molecule has 2 rings (SSSR count). The van der Waals surface area contributed by atoms with E-state index in [0.717, 1.165) is 23.4 Å². The van der Waals surface area contributed by atoms with Crippen molar-refractivity contribution in [3.05, 3.63) is 48.2 Å². The average molecular weight is 342 g/mol. The molecule has 0 aliphatic heterocycles. The molecule has 2 aromatic rings. The minimum Gasteiger partial charge on any atom is -0.491 e. The molecule has 0 saturated heterocycles. The highest BCUT2D eigenvalue weighted by atomic mass is 16.5. The number of benzene rings is 1. The van der Waals surface area contributed by atoms with Crippen molar-refractivity contribution in [2.45, 2.75) is 39.8 Å². The van der Waals surface area contributed by atoms with Crippen LogP contribution in [0.5, 0.6) is 11.6 Å². The lowest BCUT2D eigenvalue weighted by Crippen LogP contribution is -2.22. The Morgan fingerprint density at radius 1 is 1.24 bits per heavy atom. The van der Waals surface area contributed by atoms with Gasteiger partial charge in [-0.15, -0.1) is 0 Å². The van der Waals surface area contributed by atoms with Gasteiger partial charge in [0, 0.05) is 17.4 Å². The first-order valence-corrected chi connectivity index (χ1v) is 8.49. The second-order valence-corrected chi connectivity index (χ2v) is 5.83. The Bertz CT molecular complexity index is 684. The zero-order valence-electron chi connectivity index (χ0n) is 15.0. The molecule has 25 heavy (non-hydrogen) atoms. The third kappa shape index (κ3) is 6.33. The van der Waals surface area contributed by atoms with E-state index in [2.05, 4.69) is 22.2 Å². The molecule has 3 N–H and O–H groups in total. The third-order valence-corrected chi connectivity index (χ3v) is 3.21. The molecule has 0 aliphatic rings. The van der Waals surface area contributed by atoms with Crippen molar-refractivity contribution in [3.63, 3.8) is 0 Å². The first-order valence-electron chi connectivity index (χ1n) is 8.49. The summed E-state index contributed by atoms with van der Waals surface area (Å²) in [6, 6.07) is 11.4. The normalized spacial score (nSPS) is 11.4. The predicted octanol–water partition coefficient (Wildman–Crippen LogP) is 3.58. The number of hydrogen-bond acceptors (Lipinski definition) is 4. The fourth-order valence-corrected chi connectivity index (χ4v) is 2.12. The lowest BCUT2D eigenvalue weighted by atomic mass is 10.3. The summed E-state index contributed by atoms with van der Waals surface area (Å²) in [5.74, 6) is 1.77. The minimum atomic E-state index is 0.147. The standard InChI is InChI=1S/C19H26N4O2/c1-4-12-24-18-15(6-5-11-21-18)13-22-19(20)23-16-7-9-17(10-8-16)25-14(2)3/h5-11,14H,4,12-13H2,1-3H3,(H3,20,22,23). The van der Waals surface area contributed by atoms with E-state index in [4.69, 9.17) is 15.2 Å². The molecule has 6 nitrogen and oxygen atoms in total. The van der Waals surface area contributed by atoms with Crippen molar-refractivity contribution in [1.29, 1.82) is 0 Å². The first-order chi connectivity index (χ1) is 12.1. The van der Waals surface area contributed by atoms with Crippen molar-refractivity contribution in [2.24, 2.45) is 10.7 Å². The zero-order valence-corrected chi connectivity index (χ0v) is 15.0. The maximum atomic E-state index is 5.97. The van der Waals surface area contributed by atoms with Crippen LogP contribution in [0.4, 0.5) is 5.69 Å². The Labute approximate surface area is 149 Å². The number of hydrogen-bond donors (Lipinski definition) is 2. The smallest absolute Gasteiger partial charge is 0.218 e. The van der Waals surface area contributed by atoms with Gasteiger partial charge in [-0.1, -0.05) is 13.0 Å². The fraction of sp³-hybridized carbons (Fsp3) is 0.368. The van der Waals surface area contributed by atoms with Crippen LogP contribution < -0.4 is 20.5 Å². The molecule has 1 aromatic carbocycles. The zero-order chi connectivity index (χ0) is 18.1.